The third-order valence-corrected chi connectivity index (χ3v) is 16.3. The maximum Gasteiger partial charge on any atom is 0 e. The molecular formula is C59H53GeIrN3-2. The van der Waals surface area contributed by atoms with Gasteiger partial charge < -0.3 is 4.57 Å². The Bertz CT molecular complexity index is 3170. The van der Waals surface area contributed by atoms with E-state index in [1.165, 1.54) is 65.0 Å². The van der Waals surface area contributed by atoms with E-state index in [2.05, 4.69) is 237 Å². The SMILES string of the molecule is CC(C)c1cc(-c2ccccc2)cc(C(C)C)c1-n1c(-c2[c-]cc3c(ccc4ccccc43)c2)nc2ccccc21.[CH3][Ge]([CH3])([CH3])[c]1ccc(-c2[c-]ccc(-c3ccccc3)c2)nc1.[Ir]. The van der Waals surface area contributed by atoms with Crippen LogP contribution in [0.5, 0.6) is 0 Å². The van der Waals surface area contributed by atoms with Crippen molar-refractivity contribution < 1.29 is 20.1 Å². The molecular weight excluding hydrogens is 1020 g/mol. The molecule has 10 aromatic rings. The van der Waals surface area contributed by atoms with E-state index < -0.39 is 13.3 Å². The van der Waals surface area contributed by atoms with Crippen LogP contribution in [-0.4, -0.2) is 27.8 Å². The summed E-state index contributed by atoms with van der Waals surface area (Å²) in [5.41, 5.74) is 14.0. The molecule has 3 nitrogen and oxygen atoms in total. The Morgan fingerprint density at radius 1 is 0.531 bits per heavy atom. The average Bonchev–Trinajstić information content (AvgIpc) is 3.71. The van der Waals surface area contributed by atoms with Gasteiger partial charge >= 0.3 is 135 Å². The molecule has 5 heteroatoms. The number of benzene rings is 8. The monoisotopic (exact) mass is 1070 g/mol. The summed E-state index contributed by atoms with van der Waals surface area (Å²) < 4.78 is 3.83. The smallest absolute Gasteiger partial charge is 0 e. The number of fused-ring (bicyclic) bond motifs is 4. The Kier molecular flexibility index (Phi) is 13.3. The minimum Gasteiger partial charge on any atom is 0 e. The minimum atomic E-state index is -1.79. The van der Waals surface area contributed by atoms with Crippen LogP contribution < -0.4 is 4.40 Å². The number of rotatable bonds is 8. The zero-order chi connectivity index (χ0) is 43.7. The van der Waals surface area contributed by atoms with Crippen molar-refractivity contribution in [3.05, 3.63) is 205 Å². The van der Waals surface area contributed by atoms with Crippen LogP contribution in [-0.2, 0) is 20.1 Å². The molecule has 0 unspecified atom stereocenters. The first-order chi connectivity index (χ1) is 30.5. The van der Waals surface area contributed by atoms with Gasteiger partial charge in [-0.3, -0.25) is 4.98 Å². The molecule has 0 aliphatic carbocycles. The summed E-state index contributed by atoms with van der Waals surface area (Å²) in [5.74, 6) is 8.74. The van der Waals surface area contributed by atoms with Crippen LogP contribution >= 0.6 is 0 Å². The zero-order valence-electron chi connectivity index (χ0n) is 37.7. The second-order valence-electron chi connectivity index (χ2n) is 18.1. The first-order valence-electron chi connectivity index (χ1n) is 22.1. The Morgan fingerprint density at radius 2 is 1.16 bits per heavy atom. The van der Waals surface area contributed by atoms with Gasteiger partial charge in [-0.15, -0.1) is 29.1 Å². The van der Waals surface area contributed by atoms with Crippen molar-refractivity contribution >= 4 is 50.2 Å². The largest absolute Gasteiger partial charge is 0 e. The predicted molar refractivity (Wildman–Crippen MR) is 271 cm³/mol. The first kappa shape index (κ1) is 44.7. The molecule has 0 fully saturated rings. The van der Waals surface area contributed by atoms with Crippen molar-refractivity contribution in [1.29, 1.82) is 0 Å². The molecule has 0 aliphatic rings. The Hall–Kier alpha value is -5.91. The summed E-state index contributed by atoms with van der Waals surface area (Å²) >= 11 is -1.79. The van der Waals surface area contributed by atoms with E-state index in [-0.39, 0.29) is 20.1 Å². The summed E-state index contributed by atoms with van der Waals surface area (Å²) in [4.78, 5) is 9.91. The predicted octanol–water partition coefficient (Wildman–Crippen LogP) is 15.5. The van der Waals surface area contributed by atoms with Crippen molar-refractivity contribution in [3.8, 4) is 50.6 Å². The number of imidazole rings is 1. The van der Waals surface area contributed by atoms with Gasteiger partial charge in [0.15, 0.2) is 0 Å². The summed E-state index contributed by atoms with van der Waals surface area (Å²) in [5, 5.41) is 4.91. The molecule has 10 rings (SSSR count). The fourth-order valence-electron chi connectivity index (χ4n) is 8.55. The second-order valence-corrected chi connectivity index (χ2v) is 28.8. The maximum absolute atomic E-state index is 5.24. The Morgan fingerprint density at radius 3 is 1.81 bits per heavy atom. The fraction of sp³-hybridized carbons (Fsp3) is 0.153. The second kappa shape index (κ2) is 19.1. The van der Waals surface area contributed by atoms with Crippen molar-refractivity contribution in [3.63, 3.8) is 0 Å². The van der Waals surface area contributed by atoms with Gasteiger partial charge in [0.25, 0.3) is 0 Å². The third kappa shape index (κ3) is 9.19. The van der Waals surface area contributed by atoms with Crippen LogP contribution in [0.3, 0.4) is 0 Å². The number of pyridine rings is 1. The van der Waals surface area contributed by atoms with Crippen LogP contribution in [0.2, 0.25) is 17.3 Å². The number of para-hydroxylation sites is 2. The zero-order valence-corrected chi connectivity index (χ0v) is 42.1. The van der Waals surface area contributed by atoms with Crippen LogP contribution in [0.4, 0.5) is 0 Å². The maximum atomic E-state index is 5.24. The molecule has 0 saturated heterocycles. The van der Waals surface area contributed by atoms with Gasteiger partial charge in [0.05, 0.1) is 16.9 Å². The average molecular weight is 1070 g/mol. The van der Waals surface area contributed by atoms with E-state index >= 15 is 0 Å². The van der Waals surface area contributed by atoms with Crippen molar-refractivity contribution in [2.24, 2.45) is 0 Å². The van der Waals surface area contributed by atoms with E-state index in [1.807, 2.05) is 12.1 Å². The molecule has 1 radical (unpaired) electrons. The molecule has 64 heavy (non-hydrogen) atoms. The third-order valence-electron chi connectivity index (χ3n) is 12.0. The molecule has 0 spiro atoms. The van der Waals surface area contributed by atoms with E-state index in [4.69, 9.17) is 4.98 Å². The van der Waals surface area contributed by atoms with Gasteiger partial charge in [-0.1, -0.05) is 117 Å². The number of nitrogens with zero attached hydrogens (tertiary/aromatic N) is 3. The first-order valence-corrected chi connectivity index (χ1v) is 29.5. The number of hydrogen-bond donors (Lipinski definition) is 0. The van der Waals surface area contributed by atoms with Crippen molar-refractivity contribution in [2.45, 2.75) is 56.8 Å². The standard InChI is InChI=1S/C39H33N2.C20H20GeN.Ir/c1-25(2)34-23-31(27-12-6-5-7-13-27)24-35(26(3)4)38(34)41-37-17-11-10-16-36(37)40-39(41)30-20-21-33-29(22-30)19-18-28-14-8-9-15-32(28)33;1-21(2,3)19-12-13-20(22-15-19)18-11-7-10-17(14-18)16-8-5-4-6-9-16;/h5-19,21-26H,1-4H3;4-10,12-15H,1-3H3;/q2*-1;. The van der Waals surface area contributed by atoms with E-state index in [9.17, 15) is 0 Å². The van der Waals surface area contributed by atoms with Crippen LogP contribution in [0.15, 0.2) is 182 Å². The fourth-order valence-corrected chi connectivity index (χ4v) is 10.7. The molecule has 0 saturated carbocycles. The quantitative estimate of drug-likeness (QED) is 0.0862. The van der Waals surface area contributed by atoms with Crippen molar-refractivity contribution in [2.75, 3.05) is 0 Å². The summed E-state index contributed by atoms with van der Waals surface area (Å²) in [7, 11) is 0. The molecule has 0 bridgehead atoms. The van der Waals surface area contributed by atoms with Gasteiger partial charge in [-0.05, 0) is 63.7 Å². The van der Waals surface area contributed by atoms with Gasteiger partial charge in [0.2, 0.25) is 0 Å². The summed E-state index contributed by atoms with van der Waals surface area (Å²) in [6.07, 6.45) is 2.05. The molecule has 0 N–H and O–H groups in total. The topological polar surface area (TPSA) is 30.7 Å². The molecule has 8 aromatic carbocycles. The Balaban J connectivity index is 0.000000206. The van der Waals surface area contributed by atoms with Gasteiger partial charge in [0, 0.05) is 25.8 Å². The van der Waals surface area contributed by atoms with Crippen LogP contribution in [0, 0.1) is 12.1 Å². The molecule has 2 aromatic heterocycles. The van der Waals surface area contributed by atoms with Crippen LogP contribution in [0.1, 0.15) is 50.7 Å². The number of aromatic nitrogens is 3. The van der Waals surface area contributed by atoms with E-state index in [0.29, 0.717) is 11.8 Å². The van der Waals surface area contributed by atoms with Crippen molar-refractivity contribution in [1.82, 2.24) is 14.5 Å². The van der Waals surface area contributed by atoms with Crippen LogP contribution in [0.25, 0.3) is 83.2 Å². The molecule has 319 valence electrons. The molecule has 0 aliphatic heterocycles. The normalized spacial score (nSPS) is 11.5. The summed E-state index contributed by atoms with van der Waals surface area (Å²) in [6, 6.07) is 69.4. The molecule has 0 amide bonds. The number of hydrogen-bond acceptors (Lipinski definition) is 2. The van der Waals surface area contributed by atoms with E-state index in [0.717, 1.165) is 33.7 Å². The molecule has 2 heterocycles. The van der Waals surface area contributed by atoms with Gasteiger partial charge in [-0.25, -0.2) is 0 Å². The van der Waals surface area contributed by atoms with E-state index in [1.54, 1.807) is 0 Å². The Labute approximate surface area is 395 Å². The minimum absolute atomic E-state index is 0. The van der Waals surface area contributed by atoms with Gasteiger partial charge in [-0.2, -0.15) is 0 Å². The summed E-state index contributed by atoms with van der Waals surface area (Å²) in [6.45, 7) is 9.18. The molecule has 0 atom stereocenters. The van der Waals surface area contributed by atoms with Gasteiger partial charge in [0.1, 0.15) is 0 Å².